The molecule has 0 atom stereocenters. The maximum Gasteiger partial charge on any atom is 0.357 e. The molecule has 3 aromatic rings. The molecule has 0 N–H and O–H groups in total. The second kappa shape index (κ2) is 10.7. The molecule has 0 aliphatic heterocycles. The molecule has 1 aliphatic carbocycles. The predicted octanol–water partition coefficient (Wildman–Crippen LogP) is 3.66. The third-order valence-electron chi connectivity index (χ3n) is 5.76. The molecular formula is C24H27N5O4. The first kappa shape index (κ1) is 22.4. The Labute approximate surface area is 192 Å². The average Bonchev–Trinajstić information content (AvgIpc) is 3.55. The summed E-state index contributed by atoms with van der Waals surface area (Å²) in [5, 5.41) is 11.8. The zero-order chi connectivity index (χ0) is 23.0. The molecule has 0 spiro atoms. The summed E-state index contributed by atoms with van der Waals surface area (Å²) in [7, 11) is 0. The van der Waals surface area contributed by atoms with Crippen LogP contribution < -0.4 is 0 Å². The topological polar surface area (TPSA) is 103 Å². The summed E-state index contributed by atoms with van der Waals surface area (Å²) in [6.07, 6.45) is 8.41. The third kappa shape index (κ3) is 5.36. The Hall–Kier alpha value is -3.75. The van der Waals surface area contributed by atoms with Gasteiger partial charge in [-0.15, -0.1) is 5.10 Å². The van der Waals surface area contributed by atoms with E-state index in [2.05, 4.69) is 15.5 Å². The largest absolute Gasteiger partial charge is 0.465 e. The number of ether oxygens (including phenoxy) is 1. The van der Waals surface area contributed by atoms with Gasteiger partial charge in [-0.3, -0.25) is 4.79 Å². The number of esters is 1. The van der Waals surface area contributed by atoms with Crippen LogP contribution in [0, 0.1) is 0 Å². The molecule has 1 amide bonds. The van der Waals surface area contributed by atoms with Crippen molar-refractivity contribution < 1.29 is 18.7 Å². The van der Waals surface area contributed by atoms with E-state index >= 15 is 0 Å². The lowest BCUT2D eigenvalue weighted by Crippen LogP contribution is -2.43. The van der Waals surface area contributed by atoms with Crippen LogP contribution in [0.5, 0.6) is 0 Å². The lowest BCUT2D eigenvalue weighted by Gasteiger charge is -2.33. The highest BCUT2D eigenvalue weighted by molar-refractivity contribution is 6.15. The molecule has 2 aromatic heterocycles. The van der Waals surface area contributed by atoms with Crippen LogP contribution in [0.25, 0.3) is 23.2 Å². The van der Waals surface area contributed by atoms with Crippen molar-refractivity contribution in [3.05, 3.63) is 54.5 Å². The number of hydrogen-bond donors (Lipinski definition) is 0. The number of benzene rings is 1. The molecule has 172 valence electrons. The van der Waals surface area contributed by atoms with Gasteiger partial charge in [0.15, 0.2) is 18.1 Å². The number of hydrogen-bond acceptors (Lipinski definition) is 7. The number of likely N-dealkylation sites (N-methyl/N-ethyl adjacent to an activating group) is 1. The van der Waals surface area contributed by atoms with Crippen LogP contribution in [0.4, 0.5) is 0 Å². The minimum Gasteiger partial charge on any atom is -0.465 e. The fourth-order valence-corrected chi connectivity index (χ4v) is 4.15. The number of carbonyl (C=O) groups is 2. The predicted molar refractivity (Wildman–Crippen MR) is 121 cm³/mol. The van der Waals surface area contributed by atoms with E-state index in [0.29, 0.717) is 18.1 Å². The Morgan fingerprint density at radius 1 is 1.15 bits per heavy atom. The van der Waals surface area contributed by atoms with Crippen LogP contribution in [0.15, 0.2) is 53.1 Å². The lowest BCUT2D eigenvalue weighted by atomic mass is 9.94. The molecule has 0 unspecified atom stereocenters. The number of furan rings is 1. The highest BCUT2D eigenvalue weighted by atomic mass is 16.5. The first-order valence-corrected chi connectivity index (χ1v) is 11.2. The molecule has 0 radical (unpaired) electrons. The van der Waals surface area contributed by atoms with E-state index in [1.807, 2.05) is 42.2 Å². The van der Waals surface area contributed by atoms with Gasteiger partial charge in [-0.25, -0.2) is 4.79 Å². The maximum absolute atomic E-state index is 13.1. The van der Waals surface area contributed by atoms with Crippen LogP contribution in [0.3, 0.4) is 0 Å². The number of carbonyl (C=O) groups excluding carboxylic acids is 2. The Kier molecular flexibility index (Phi) is 7.29. The number of tetrazole rings is 1. The van der Waals surface area contributed by atoms with E-state index in [-0.39, 0.29) is 24.3 Å². The minimum atomic E-state index is -0.719. The highest BCUT2D eigenvalue weighted by Gasteiger charge is 2.26. The van der Waals surface area contributed by atoms with Gasteiger partial charge in [0, 0.05) is 24.2 Å². The van der Waals surface area contributed by atoms with Gasteiger partial charge in [-0.1, -0.05) is 49.6 Å². The monoisotopic (exact) mass is 449 g/mol. The van der Waals surface area contributed by atoms with Crippen molar-refractivity contribution in [2.75, 3.05) is 13.2 Å². The molecule has 4 rings (SSSR count). The number of rotatable bonds is 8. The summed E-state index contributed by atoms with van der Waals surface area (Å²) in [5.41, 5.74) is 0.772. The van der Waals surface area contributed by atoms with E-state index in [1.165, 1.54) is 23.4 Å². The normalized spacial score (nSPS) is 14.8. The van der Waals surface area contributed by atoms with Gasteiger partial charge in [0.1, 0.15) is 5.76 Å². The second-order valence-corrected chi connectivity index (χ2v) is 7.87. The van der Waals surface area contributed by atoms with Crippen LogP contribution in [-0.2, 0) is 14.3 Å². The Balaban J connectivity index is 1.55. The van der Waals surface area contributed by atoms with E-state index in [9.17, 15) is 9.59 Å². The quantitative estimate of drug-likeness (QED) is 0.382. The first-order valence-electron chi connectivity index (χ1n) is 11.2. The molecule has 1 fully saturated rings. The molecule has 0 bridgehead atoms. The maximum atomic E-state index is 13.1. The summed E-state index contributed by atoms with van der Waals surface area (Å²) in [4.78, 5) is 27.8. The van der Waals surface area contributed by atoms with Crippen molar-refractivity contribution in [1.29, 1.82) is 0 Å². The standard InChI is InChI=1S/C24H27N5O4/c1-2-28(19-12-7-4-8-13-19)22(30)17-33-24(31)21(16-20-14-9-15-32-20)29-23(25-26-27-29)18-10-5-3-6-11-18/h3,5-6,9-11,14-16,19H,2,4,7-8,12-13,17H2,1H3/b21-16-. The lowest BCUT2D eigenvalue weighted by molar-refractivity contribution is -0.149. The first-order chi connectivity index (χ1) is 16.2. The van der Waals surface area contributed by atoms with Crippen molar-refractivity contribution in [1.82, 2.24) is 25.1 Å². The van der Waals surface area contributed by atoms with Crippen LogP contribution in [0.1, 0.15) is 44.8 Å². The van der Waals surface area contributed by atoms with Crippen molar-refractivity contribution in [2.24, 2.45) is 0 Å². The molecular weight excluding hydrogens is 422 g/mol. The molecule has 9 heteroatoms. The van der Waals surface area contributed by atoms with Crippen LogP contribution in [0.2, 0.25) is 0 Å². The number of aromatic nitrogens is 4. The molecule has 1 aliphatic rings. The van der Waals surface area contributed by atoms with E-state index < -0.39 is 5.97 Å². The van der Waals surface area contributed by atoms with E-state index in [0.717, 1.165) is 31.2 Å². The van der Waals surface area contributed by atoms with Crippen molar-refractivity contribution >= 4 is 23.6 Å². The molecule has 33 heavy (non-hydrogen) atoms. The average molecular weight is 450 g/mol. The van der Waals surface area contributed by atoms with E-state index in [1.54, 1.807) is 12.1 Å². The summed E-state index contributed by atoms with van der Waals surface area (Å²) >= 11 is 0. The van der Waals surface area contributed by atoms with Gasteiger partial charge in [-0.2, -0.15) is 4.68 Å². The second-order valence-electron chi connectivity index (χ2n) is 7.87. The highest BCUT2D eigenvalue weighted by Crippen LogP contribution is 2.24. The van der Waals surface area contributed by atoms with Crippen molar-refractivity contribution in [3.63, 3.8) is 0 Å². The van der Waals surface area contributed by atoms with Gasteiger partial charge >= 0.3 is 5.97 Å². The molecule has 0 saturated heterocycles. The summed E-state index contributed by atoms with van der Waals surface area (Å²) in [6, 6.07) is 12.9. The zero-order valence-electron chi connectivity index (χ0n) is 18.6. The minimum absolute atomic E-state index is 0.0438. The fraction of sp³-hybridized carbons (Fsp3) is 0.375. The fourth-order valence-electron chi connectivity index (χ4n) is 4.15. The molecule has 1 aromatic carbocycles. The van der Waals surface area contributed by atoms with Crippen LogP contribution in [-0.4, -0.2) is 56.2 Å². The Morgan fingerprint density at radius 2 is 1.94 bits per heavy atom. The van der Waals surface area contributed by atoms with E-state index in [4.69, 9.17) is 9.15 Å². The van der Waals surface area contributed by atoms with Crippen molar-refractivity contribution in [3.8, 4) is 11.4 Å². The van der Waals surface area contributed by atoms with Crippen molar-refractivity contribution in [2.45, 2.75) is 45.1 Å². The molecule has 1 saturated carbocycles. The Bertz CT molecular complexity index is 1090. The summed E-state index contributed by atoms with van der Waals surface area (Å²) in [5.74, 6) is -0.117. The SMILES string of the molecule is CCN(C(=O)COC(=O)/C(=C/c1ccco1)n1nnnc1-c1ccccc1)C1CCCCC1. The van der Waals surface area contributed by atoms with Gasteiger partial charge in [0.25, 0.3) is 5.91 Å². The third-order valence-corrected chi connectivity index (χ3v) is 5.76. The van der Waals surface area contributed by atoms with Gasteiger partial charge in [0.05, 0.1) is 6.26 Å². The van der Waals surface area contributed by atoms with Gasteiger partial charge in [-0.05, 0) is 42.3 Å². The number of amides is 1. The summed E-state index contributed by atoms with van der Waals surface area (Å²) in [6.45, 7) is 2.19. The van der Waals surface area contributed by atoms with Gasteiger partial charge in [0.2, 0.25) is 0 Å². The molecule has 9 nitrogen and oxygen atoms in total. The molecule has 2 heterocycles. The number of nitrogens with zero attached hydrogens (tertiary/aromatic N) is 5. The van der Waals surface area contributed by atoms with Gasteiger partial charge < -0.3 is 14.1 Å². The smallest absolute Gasteiger partial charge is 0.357 e. The van der Waals surface area contributed by atoms with Crippen LogP contribution >= 0.6 is 0 Å². The Morgan fingerprint density at radius 3 is 2.64 bits per heavy atom. The zero-order valence-corrected chi connectivity index (χ0v) is 18.6. The summed E-state index contributed by atoms with van der Waals surface area (Å²) < 4.78 is 12.1.